The predicted molar refractivity (Wildman–Crippen MR) is 126 cm³/mol. The first-order chi connectivity index (χ1) is 17.3. The Labute approximate surface area is 211 Å². The molecule has 0 aliphatic heterocycles. The zero-order valence-electron chi connectivity index (χ0n) is 19.8. The maximum atomic E-state index is 13.0. The molecule has 4 unspecified atom stereocenters. The Kier molecular flexibility index (Phi) is 12.5. The zero-order chi connectivity index (χ0) is 28.1. The minimum atomic E-state index is -1.62. The highest BCUT2D eigenvalue weighted by molar-refractivity contribution is 5.94. The van der Waals surface area contributed by atoms with E-state index in [1.54, 1.807) is 0 Å². The number of carbonyl (C=O) groups excluding carboxylic acids is 4. The smallest absolute Gasteiger partial charge is 0.326 e. The van der Waals surface area contributed by atoms with Crippen molar-refractivity contribution in [3.8, 4) is 5.75 Å². The summed E-state index contributed by atoms with van der Waals surface area (Å²) in [5, 5.41) is 43.8. The van der Waals surface area contributed by atoms with E-state index < -0.39 is 72.8 Å². The minimum Gasteiger partial charge on any atom is -0.508 e. The van der Waals surface area contributed by atoms with E-state index >= 15 is 0 Å². The number of phenols is 1. The topological polar surface area (TPSA) is 271 Å². The largest absolute Gasteiger partial charge is 0.508 e. The van der Waals surface area contributed by atoms with Crippen LogP contribution < -0.4 is 27.4 Å². The fourth-order valence-corrected chi connectivity index (χ4v) is 3.05. The van der Waals surface area contributed by atoms with E-state index in [0.717, 1.165) is 0 Å². The fourth-order valence-electron chi connectivity index (χ4n) is 3.05. The lowest BCUT2D eigenvalue weighted by Gasteiger charge is -2.24. The van der Waals surface area contributed by atoms with Crippen LogP contribution in [0.1, 0.15) is 31.2 Å². The van der Waals surface area contributed by atoms with Crippen LogP contribution in [-0.4, -0.2) is 86.8 Å². The molecule has 204 valence electrons. The molecule has 0 aromatic heterocycles. The number of primary amides is 1. The van der Waals surface area contributed by atoms with Crippen LogP contribution in [0.25, 0.3) is 0 Å². The van der Waals surface area contributed by atoms with Gasteiger partial charge in [0.25, 0.3) is 0 Å². The lowest BCUT2D eigenvalue weighted by atomic mass is 10.0. The SMILES string of the molecule is NC(=O)CCC(NC(=O)C(CO)NC(=O)C(Cc1ccc(O)cc1)NC(=O)C(N)CCC(=O)O)C(=O)O. The number of carbonyl (C=O) groups is 6. The Morgan fingerprint density at radius 2 is 1.32 bits per heavy atom. The van der Waals surface area contributed by atoms with Crippen LogP contribution in [0.2, 0.25) is 0 Å². The summed E-state index contributed by atoms with van der Waals surface area (Å²) in [6, 6.07) is -0.130. The lowest BCUT2D eigenvalue weighted by molar-refractivity contribution is -0.143. The van der Waals surface area contributed by atoms with Crippen molar-refractivity contribution in [1.82, 2.24) is 16.0 Å². The number of aliphatic hydroxyl groups is 1. The summed E-state index contributed by atoms with van der Waals surface area (Å²) in [5.74, 6) is -6.33. The van der Waals surface area contributed by atoms with Crippen LogP contribution in [0.15, 0.2) is 24.3 Å². The van der Waals surface area contributed by atoms with Gasteiger partial charge in [0.2, 0.25) is 23.6 Å². The number of aliphatic carboxylic acids is 2. The third-order valence-electron chi connectivity index (χ3n) is 5.12. The van der Waals surface area contributed by atoms with Gasteiger partial charge in [-0.1, -0.05) is 12.1 Å². The number of aromatic hydroxyl groups is 1. The number of rotatable bonds is 16. The molecule has 0 fully saturated rings. The number of benzene rings is 1. The van der Waals surface area contributed by atoms with Gasteiger partial charge in [0, 0.05) is 19.3 Å². The molecule has 4 amide bonds. The summed E-state index contributed by atoms with van der Waals surface area (Å²) in [5.41, 5.74) is 11.2. The second kappa shape index (κ2) is 15.0. The van der Waals surface area contributed by atoms with Crippen LogP contribution >= 0.6 is 0 Å². The molecule has 0 aliphatic carbocycles. The second-order valence-corrected chi connectivity index (χ2v) is 8.12. The molecule has 1 rings (SSSR count). The maximum absolute atomic E-state index is 13.0. The molecule has 4 atom stereocenters. The van der Waals surface area contributed by atoms with Gasteiger partial charge in [-0.25, -0.2) is 4.79 Å². The highest BCUT2D eigenvalue weighted by atomic mass is 16.4. The van der Waals surface area contributed by atoms with E-state index in [1.165, 1.54) is 24.3 Å². The monoisotopic (exact) mass is 525 g/mol. The van der Waals surface area contributed by atoms with Gasteiger partial charge in [-0.3, -0.25) is 24.0 Å². The Balaban J connectivity index is 3.00. The molecule has 0 bridgehead atoms. The highest BCUT2D eigenvalue weighted by Gasteiger charge is 2.30. The van der Waals surface area contributed by atoms with Gasteiger partial charge in [0.15, 0.2) is 0 Å². The Morgan fingerprint density at radius 1 is 0.784 bits per heavy atom. The van der Waals surface area contributed by atoms with Crippen LogP contribution in [0.4, 0.5) is 0 Å². The number of amides is 4. The molecule has 0 saturated carbocycles. The van der Waals surface area contributed by atoms with Gasteiger partial charge in [0.05, 0.1) is 12.6 Å². The number of carboxylic acids is 2. The van der Waals surface area contributed by atoms with Crippen LogP contribution in [0.3, 0.4) is 0 Å². The molecule has 11 N–H and O–H groups in total. The van der Waals surface area contributed by atoms with E-state index in [2.05, 4.69) is 16.0 Å². The molecular weight excluding hydrogens is 494 g/mol. The first-order valence-electron chi connectivity index (χ1n) is 11.1. The third kappa shape index (κ3) is 11.4. The highest BCUT2D eigenvalue weighted by Crippen LogP contribution is 2.12. The van der Waals surface area contributed by atoms with Crippen molar-refractivity contribution >= 4 is 35.6 Å². The maximum Gasteiger partial charge on any atom is 0.326 e. The molecule has 0 aliphatic rings. The van der Waals surface area contributed by atoms with Gasteiger partial charge < -0.3 is 47.8 Å². The molecule has 15 nitrogen and oxygen atoms in total. The predicted octanol–water partition coefficient (Wildman–Crippen LogP) is -3.08. The van der Waals surface area contributed by atoms with E-state index in [-0.39, 0.29) is 31.4 Å². The molecule has 15 heteroatoms. The van der Waals surface area contributed by atoms with Crippen molar-refractivity contribution in [2.45, 2.75) is 56.3 Å². The molecular formula is C22H31N5O10. The van der Waals surface area contributed by atoms with E-state index in [4.69, 9.17) is 16.6 Å². The average molecular weight is 526 g/mol. The van der Waals surface area contributed by atoms with E-state index in [1.807, 2.05) is 0 Å². The number of hydrogen-bond acceptors (Lipinski definition) is 9. The van der Waals surface area contributed by atoms with Gasteiger partial charge in [-0.05, 0) is 30.5 Å². The van der Waals surface area contributed by atoms with Crippen LogP contribution in [0, 0.1) is 0 Å². The Bertz CT molecular complexity index is 985. The Morgan fingerprint density at radius 3 is 1.84 bits per heavy atom. The summed E-state index contributed by atoms with van der Waals surface area (Å²) in [7, 11) is 0. The number of aliphatic hydroxyl groups excluding tert-OH is 1. The molecule has 0 spiro atoms. The summed E-state index contributed by atoms with van der Waals surface area (Å²) in [6.07, 6.45) is -1.40. The summed E-state index contributed by atoms with van der Waals surface area (Å²) in [4.78, 5) is 71.0. The molecule has 0 radical (unpaired) electrons. The standard InChI is InChI=1S/C22H31N5O10/c23-13(5-8-18(31)32)19(33)26-15(9-11-1-3-12(29)4-2-11)20(34)27-16(10-28)21(35)25-14(22(36)37)6-7-17(24)30/h1-4,13-16,28-29H,5-10,23H2,(H2,24,30)(H,25,35)(H,26,33)(H,27,34)(H,31,32)(H,36,37). The number of nitrogens with two attached hydrogens (primary N) is 2. The molecule has 1 aromatic rings. The fraction of sp³-hybridized carbons (Fsp3) is 0.455. The molecule has 37 heavy (non-hydrogen) atoms. The van der Waals surface area contributed by atoms with Gasteiger partial charge >= 0.3 is 11.9 Å². The van der Waals surface area contributed by atoms with Crippen molar-refractivity contribution in [3.63, 3.8) is 0 Å². The van der Waals surface area contributed by atoms with Gasteiger partial charge in [-0.2, -0.15) is 0 Å². The van der Waals surface area contributed by atoms with E-state index in [9.17, 15) is 44.1 Å². The van der Waals surface area contributed by atoms with Crippen LogP contribution in [-0.2, 0) is 35.2 Å². The van der Waals surface area contributed by atoms with Crippen molar-refractivity contribution in [3.05, 3.63) is 29.8 Å². The quantitative estimate of drug-likeness (QED) is 0.104. The first kappa shape index (κ1) is 30.8. The second-order valence-electron chi connectivity index (χ2n) is 8.12. The number of carboxylic acid groups (broad SMARTS) is 2. The summed E-state index contributed by atoms with van der Waals surface area (Å²) in [6.45, 7) is -0.933. The van der Waals surface area contributed by atoms with Crippen molar-refractivity contribution in [1.29, 1.82) is 0 Å². The normalized spacial score (nSPS) is 13.9. The molecule has 0 saturated heterocycles. The van der Waals surface area contributed by atoms with E-state index in [0.29, 0.717) is 5.56 Å². The third-order valence-corrected chi connectivity index (χ3v) is 5.12. The van der Waals surface area contributed by atoms with Gasteiger partial charge in [0.1, 0.15) is 23.9 Å². The minimum absolute atomic E-state index is 0.0502. The lowest BCUT2D eigenvalue weighted by Crippen LogP contribution is -2.58. The number of nitrogens with one attached hydrogen (secondary N) is 3. The number of phenolic OH excluding ortho intramolecular Hbond substituents is 1. The molecule has 0 heterocycles. The summed E-state index contributed by atoms with van der Waals surface area (Å²) >= 11 is 0. The van der Waals surface area contributed by atoms with Crippen molar-refractivity contribution < 1.29 is 49.2 Å². The zero-order valence-corrected chi connectivity index (χ0v) is 19.8. The van der Waals surface area contributed by atoms with Gasteiger partial charge in [-0.15, -0.1) is 0 Å². The molecule has 1 aromatic carbocycles. The van der Waals surface area contributed by atoms with Crippen LogP contribution in [0.5, 0.6) is 5.75 Å². The first-order valence-corrected chi connectivity index (χ1v) is 11.1. The Hall–Kier alpha value is -4.24. The average Bonchev–Trinajstić information content (AvgIpc) is 2.83. The summed E-state index contributed by atoms with van der Waals surface area (Å²) < 4.78 is 0. The van der Waals surface area contributed by atoms with Crippen molar-refractivity contribution in [2.24, 2.45) is 11.5 Å². The van der Waals surface area contributed by atoms with Crippen molar-refractivity contribution in [2.75, 3.05) is 6.61 Å². The number of hydrogen-bond donors (Lipinski definition) is 9.